The molecule has 4 rings (SSSR count). The van der Waals surface area contributed by atoms with Crippen molar-refractivity contribution in [1.29, 1.82) is 0 Å². The van der Waals surface area contributed by atoms with E-state index in [9.17, 15) is 4.79 Å². The summed E-state index contributed by atoms with van der Waals surface area (Å²) in [4.78, 5) is 20.2. The van der Waals surface area contributed by atoms with Crippen LogP contribution in [-0.4, -0.2) is 10.9 Å². The summed E-state index contributed by atoms with van der Waals surface area (Å²) in [6, 6.07) is 19.8. The number of nitrogens with zero attached hydrogens (tertiary/aromatic N) is 1. The van der Waals surface area contributed by atoms with E-state index in [1.165, 1.54) is 10.4 Å². The van der Waals surface area contributed by atoms with E-state index in [2.05, 4.69) is 30.4 Å². The van der Waals surface area contributed by atoms with E-state index in [1.54, 1.807) is 11.3 Å². The Labute approximate surface area is 162 Å². The molecule has 3 nitrogen and oxygen atoms in total. The number of hydrogen-bond acceptors (Lipinski definition) is 3. The van der Waals surface area contributed by atoms with Gasteiger partial charge in [0.2, 0.25) is 0 Å². The molecule has 2 aromatic carbocycles. The van der Waals surface area contributed by atoms with Gasteiger partial charge in [-0.3, -0.25) is 4.79 Å². The van der Waals surface area contributed by atoms with Gasteiger partial charge in [-0.25, -0.2) is 4.98 Å². The van der Waals surface area contributed by atoms with Gasteiger partial charge in [-0.05, 0) is 56.7 Å². The van der Waals surface area contributed by atoms with E-state index >= 15 is 0 Å². The van der Waals surface area contributed by atoms with Crippen molar-refractivity contribution in [2.45, 2.75) is 20.8 Å². The zero-order valence-corrected chi connectivity index (χ0v) is 16.4. The molecule has 0 unspecified atom stereocenters. The maximum Gasteiger partial charge on any atom is 0.256 e. The molecule has 0 aliphatic rings. The Morgan fingerprint density at radius 2 is 1.78 bits per heavy atom. The summed E-state index contributed by atoms with van der Waals surface area (Å²) in [7, 11) is 0. The molecule has 4 heteroatoms. The van der Waals surface area contributed by atoms with E-state index in [0.717, 1.165) is 32.7 Å². The monoisotopic (exact) mass is 372 g/mol. The number of hydrogen-bond donors (Lipinski definition) is 1. The first-order valence-electron chi connectivity index (χ1n) is 8.86. The first-order chi connectivity index (χ1) is 13.0. The second-order valence-corrected chi connectivity index (χ2v) is 8.04. The summed E-state index contributed by atoms with van der Waals surface area (Å²) >= 11 is 1.68. The predicted octanol–water partition coefficient (Wildman–Crippen LogP) is 6.14. The molecule has 2 aromatic heterocycles. The van der Waals surface area contributed by atoms with Gasteiger partial charge in [0.05, 0.1) is 21.7 Å². The quantitative estimate of drug-likeness (QED) is 0.469. The summed E-state index contributed by atoms with van der Waals surface area (Å²) in [5.41, 5.74) is 5.36. The molecule has 2 heterocycles. The van der Waals surface area contributed by atoms with Crippen molar-refractivity contribution >= 4 is 33.8 Å². The minimum atomic E-state index is -0.116. The highest BCUT2D eigenvalue weighted by Crippen LogP contribution is 2.30. The van der Waals surface area contributed by atoms with E-state index in [1.807, 2.05) is 56.3 Å². The molecule has 0 fully saturated rings. The number of benzene rings is 2. The van der Waals surface area contributed by atoms with Gasteiger partial charge < -0.3 is 5.32 Å². The number of para-hydroxylation sites is 1. The minimum Gasteiger partial charge on any atom is -0.322 e. The van der Waals surface area contributed by atoms with Crippen LogP contribution < -0.4 is 5.32 Å². The molecular weight excluding hydrogens is 352 g/mol. The number of aromatic nitrogens is 1. The van der Waals surface area contributed by atoms with Crippen molar-refractivity contribution in [2.75, 3.05) is 5.32 Å². The van der Waals surface area contributed by atoms with Crippen LogP contribution in [-0.2, 0) is 0 Å². The number of amides is 1. The van der Waals surface area contributed by atoms with Crippen LogP contribution in [0.5, 0.6) is 0 Å². The lowest BCUT2D eigenvalue weighted by Crippen LogP contribution is -2.14. The number of thiophene rings is 1. The lowest BCUT2D eigenvalue weighted by atomic mass is 10.1. The highest BCUT2D eigenvalue weighted by molar-refractivity contribution is 7.15. The molecule has 27 heavy (non-hydrogen) atoms. The van der Waals surface area contributed by atoms with Crippen LogP contribution in [0.3, 0.4) is 0 Å². The molecular formula is C23H20N2OS. The molecule has 0 aliphatic heterocycles. The lowest BCUT2D eigenvalue weighted by molar-refractivity contribution is 0.102. The Morgan fingerprint density at radius 3 is 2.52 bits per heavy atom. The van der Waals surface area contributed by atoms with Gasteiger partial charge >= 0.3 is 0 Å². The van der Waals surface area contributed by atoms with Crippen LogP contribution >= 0.6 is 11.3 Å². The van der Waals surface area contributed by atoms with Gasteiger partial charge in [0, 0.05) is 16.0 Å². The number of fused-ring (bicyclic) bond motifs is 1. The average molecular weight is 372 g/mol. The van der Waals surface area contributed by atoms with Crippen LogP contribution in [0, 0.1) is 20.8 Å². The van der Waals surface area contributed by atoms with Crippen LogP contribution in [0.25, 0.3) is 21.5 Å². The molecule has 0 saturated carbocycles. The van der Waals surface area contributed by atoms with E-state index < -0.39 is 0 Å². The van der Waals surface area contributed by atoms with Gasteiger partial charge in [0.15, 0.2) is 0 Å². The number of carbonyl (C=O) groups excluding carboxylic acids is 1. The van der Waals surface area contributed by atoms with E-state index in [0.29, 0.717) is 5.56 Å². The molecule has 1 amide bonds. The first-order valence-corrected chi connectivity index (χ1v) is 9.68. The fourth-order valence-electron chi connectivity index (χ4n) is 3.21. The van der Waals surface area contributed by atoms with Crippen LogP contribution in [0.15, 0.2) is 60.7 Å². The Hall–Kier alpha value is -2.98. The van der Waals surface area contributed by atoms with Crippen LogP contribution in [0.2, 0.25) is 0 Å². The largest absolute Gasteiger partial charge is 0.322 e. The zero-order valence-electron chi connectivity index (χ0n) is 15.5. The molecule has 0 spiro atoms. The normalized spacial score (nSPS) is 10.9. The van der Waals surface area contributed by atoms with Gasteiger partial charge in [-0.15, -0.1) is 11.3 Å². The maximum absolute atomic E-state index is 13.1. The highest BCUT2D eigenvalue weighted by Gasteiger charge is 2.15. The second kappa shape index (κ2) is 6.97. The second-order valence-electron chi connectivity index (χ2n) is 6.76. The van der Waals surface area contributed by atoms with Crippen molar-refractivity contribution in [3.63, 3.8) is 0 Å². The van der Waals surface area contributed by atoms with Gasteiger partial charge in [0.25, 0.3) is 5.91 Å². The SMILES string of the molecule is Cc1ccc(NC(=O)c2cc(-c3ccc(C)s3)nc3ccccc23)c(C)c1. The third-order valence-corrected chi connectivity index (χ3v) is 5.61. The van der Waals surface area contributed by atoms with Crippen molar-refractivity contribution in [1.82, 2.24) is 4.98 Å². The van der Waals surface area contributed by atoms with Crippen LogP contribution in [0.4, 0.5) is 5.69 Å². The van der Waals surface area contributed by atoms with E-state index in [4.69, 9.17) is 4.98 Å². The molecule has 0 aliphatic carbocycles. The number of anilines is 1. The lowest BCUT2D eigenvalue weighted by Gasteiger charge is -2.12. The predicted molar refractivity (Wildman–Crippen MR) is 114 cm³/mol. The van der Waals surface area contributed by atoms with Crippen molar-refractivity contribution in [2.24, 2.45) is 0 Å². The number of pyridine rings is 1. The summed E-state index contributed by atoms with van der Waals surface area (Å²) in [6.45, 7) is 6.13. The molecule has 4 aromatic rings. The standard InChI is InChI=1S/C23H20N2OS/c1-14-8-10-19(15(2)12-14)25-23(26)18-13-21(22-11-9-16(3)27-22)24-20-7-5-4-6-17(18)20/h4-13H,1-3H3,(H,25,26). The van der Waals surface area contributed by atoms with Gasteiger partial charge in [0.1, 0.15) is 0 Å². The minimum absolute atomic E-state index is 0.116. The van der Waals surface area contributed by atoms with Gasteiger partial charge in [-0.2, -0.15) is 0 Å². The molecule has 0 atom stereocenters. The van der Waals surface area contributed by atoms with Gasteiger partial charge in [-0.1, -0.05) is 35.9 Å². The fourth-order valence-corrected chi connectivity index (χ4v) is 4.03. The summed E-state index contributed by atoms with van der Waals surface area (Å²) in [6.07, 6.45) is 0. The molecule has 0 bridgehead atoms. The molecule has 134 valence electrons. The molecule has 1 N–H and O–H groups in total. The zero-order chi connectivity index (χ0) is 19.0. The first kappa shape index (κ1) is 17.4. The molecule has 0 radical (unpaired) electrons. The maximum atomic E-state index is 13.1. The van der Waals surface area contributed by atoms with Crippen LogP contribution in [0.1, 0.15) is 26.4 Å². The average Bonchev–Trinajstić information content (AvgIpc) is 3.09. The summed E-state index contributed by atoms with van der Waals surface area (Å²) < 4.78 is 0. The summed E-state index contributed by atoms with van der Waals surface area (Å²) in [5.74, 6) is -0.116. The van der Waals surface area contributed by atoms with E-state index in [-0.39, 0.29) is 5.91 Å². The summed E-state index contributed by atoms with van der Waals surface area (Å²) in [5, 5.41) is 3.92. The smallest absolute Gasteiger partial charge is 0.256 e. The number of nitrogens with one attached hydrogen (secondary N) is 1. The highest BCUT2D eigenvalue weighted by atomic mass is 32.1. The van der Waals surface area contributed by atoms with Crippen molar-refractivity contribution in [3.8, 4) is 10.6 Å². The Morgan fingerprint density at radius 1 is 0.963 bits per heavy atom. The third-order valence-electron chi connectivity index (χ3n) is 4.58. The number of aryl methyl sites for hydroxylation is 3. The third kappa shape index (κ3) is 3.49. The Kier molecular flexibility index (Phi) is 4.50. The molecule has 0 saturated heterocycles. The Balaban J connectivity index is 1.80. The topological polar surface area (TPSA) is 42.0 Å². The fraction of sp³-hybridized carbons (Fsp3) is 0.130. The Bertz CT molecular complexity index is 1160. The van der Waals surface area contributed by atoms with Crippen molar-refractivity contribution in [3.05, 3.63) is 82.2 Å². The van der Waals surface area contributed by atoms with Crippen molar-refractivity contribution < 1.29 is 4.79 Å². The number of carbonyl (C=O) groups is 1. The number of rotatable bonds is 3.